The van der Waals surface area contributed by atoms with Gasteiger partial charge in [0, 0.05) is 13.1 Å². The van der Waals surface area contributed by atoms with Crippen molar-refractivity contribution in [2.75, 3.05) is 19.6 Å². The molecule has 1 aliphatic rings. The summed E-state index contributed by atoms with van der Waals surface area (Å²) < 4.78 is 0. The van der Waals surface area contributed by atoms with Crippen molar-refractivity contribution in [2.45, 2.75) is 26.7 Å². The maximum atomic E-state index is 3.89. The molecule has 0 aromatic carbocycles. The van der Waals surface area contributed by atoms with Gasteiger partial charge in [0.2, 0.25) is 0 Å². The summed E-state index contributed by atoms with van der Waals surface area (Å²) in [5.41, 5.74) is 3.18. The van der Waals surface area contributed by atoms with E-state index in [9.17, 15) is 0 Å². The Morgan fingerprint density at radius 3 is 2.27 bits per heavy atom. The van der Waals surface area contributed by atoms with Crippen molar-refractivity contribution in [3.8, 4) is 0 Å². The maximum absolute atomic E-state index is 3.89. The lowest BCUT2D eigenvalue weighted by atomic mass is 10.00. The standard InChI is InChI=1S/C10H18N/c1-4-11-7-5-10(6-8-11)9(2)3/h1,4-8H2,2-3H3. The largest absolute Gasteiger partial charge is 0.303 e. The Kier molecular flexibility index (Phi) is 3.13. The van der Waals surface area contributed by atoms with Crippen LogP contribution in [0.15, 0.2) is 11.1 Å². The molecule has 1 rings (SSSR count). The molecule has 1 aliphatic heterocycles. The highest BCUT2D eigenvalue weighted by atomic mass is 15.1. The molecule has 0 bridgehead atoms. The quantitative estimate of drug-likeness (QED) is 0.521. The predicted molar refractivity (Wildman–Crippen MR) is 49.4 cm³/mol. The molecule has 0 spiro atoms. The molecule has 0 N–H and O–H groups in total. The summed E-state index contributed by atoms with van der Waals surface area (Å²) in [6.07, 6.45) is 2.52. The molecule has 0 atom stereocenters. The maximum Gasteiger partial charge on any atom is 0.00188 e. The predicted octanol–water partition coefficient (Wildman–Crippen LogP) is 2.25. The minimum absolute atomic E-state index is 0.968. The monoisotopic (exact) mass is 152 g/mol. The lowest BCUT2D eigenvalue weighted by Gasteiger charge is -2.27. The van der Waals surface area contributed by atoms with Crippen molar-refractivity contribution in [2.24, 2.45) is 0 Å². The molecule has 0 aromatic heterocycles. The topological polar surface area (TPSA) is 3.24 Å². The normalized spacial score (nSPS) is 20.5. The van der Waals surface area contributed by atoms with Crippen LogP contribution < -0.4 is 0 Å². The molecule has 1 saturated heterocycles. The van der Waals surface area contributed by atoms with E-state index in [0.29, 0.717) is 0 Å². The third-order valence-corrected chi connectivity index (χ3v) is 2.48. The molecule has 0 aromatic rings. The number of nitrogens with zero attached hydrogens (tertiary/aromatic N) is 1. The van der Waals surface area contributed by atoms with Crippen molar-refractivity contribution in [1.82, 2.24) is 4.90 Å². The van der Waals surface area contributed by atoms with Gasteiger partial charge in [-0.3, -0.25) is 0 Å². The lowest BCUT2D eigenvalue weighted by molar-refractivity contribution is 0.281. The van der Waals surface area contributed by atoms with Crippen molar-refractivity contribution in [1.29, 1.82) is 0 Å². The fourth-order valence-electron chi connectivity index (χ4n) is 1.55. The van der Waals surface area contributed by atoms with Crippen LogP contribution in [0, 0.1) is 6.92 Å². The van der Waals surface area contributed by atoms with Crippen LogP contribution in [0.5, 0.6) is 0 Å². The van der Waals surface area contributed by atoms with E-state index < -0.39 is 0 Å². The third-order valence-electron chi connectivity index (χ3n) is 2.48. The zero-order chi connectivity index (χ0) is 8.27. The van der Waals surface area contributed by atoms with Crippen molar-refractivity contribution >= 4 is 0 Å². The first-order valence-electron chi connectivity index (χ1n) is 4.41. The second-order valence-electron chi connectivity index (χ2n) is 3.45. The number of likely N-dealkylation sites (tertiary alicyclic amines) is 1. The van der Waals surface area contributed by atoms with Gasteiger partial charge in [0.05, 0.1) is 0 Å². The second-order valence-corrected chi connectivity index (χ2v) is 3.45. The molecule has 1 fully saturated rings. The van der Waals surface area contributed by atoms with Gasteiger partial charge in [-0.25, -0.2) is 0 Å². The highest BCUT2D eigenvalue weighted by Crippen LogP contribution is 2.18. The van der Waals surface area contributed by atoms with Crippen LogP contribution in [0.1, 0.15) is 26.7 Å². The molecule has 0 unspecified atom stereocenters. The van der Waals surface area contributed by atoms with Gasteiger partial charge in [-0.1, -0.05) is 11.1 Å². The zero-order valence-corrected chi connectivity index (χ0v) is 7.69. The first-order chi connectivity index (χ1) is 5.24. The molecule has 0 saturated carbocycles. The molecule has 0 amide bonds. The summed E-state index contributed by atoms with van der Waals surface area (Å²) in [5.74, 6) is 0. The smallest absolute Gasteiger partial charge is 0.00188 e. The average molecular weight is 152 g/mol. The lowest BCUT2D eigenvalue weighted by Crippen LogP contribution is -2.30. The Hall–Kier alpha value is -0.300. The molecular formula is C10H18N. The highest BCUT2D eigenvalue weighted by Gasteiger charge is 2.11. The van der Waals surface area contributed by atoms with Gasteiger partial charge >= 0.3 is 0 Å². The SMILES string of the molecule is [CH2]CN1CCC(=C(C)C)CC1. The zero-order valence-electron chi connectivity index (χ0n) is 7.69. The summed E-state index contributed by atoms with van der Waals surface area (Å²) >= 11 is 0. The van der Waals surface area contributed by atoms with E-state index in [4.69, 9.17) is 0 Å². The summed E-state index contributed by atoms with van der Waals surface area (Å²) in [5, 5.41) is 0. The first-order valence-corrected chi connectivity index (χ1v) is 4.41. The van der Waals surface area contributed by atoms with Gasteiger partial charge in [0.1, 0.15) is 0 Å². The van der Waals surface area contributed by atoms with Crippen LogP contribution in [-0.2, 0) is 0 Å². The molecule has 0 aliphatic carbocycles. The van der Waals surface area contributed by atoms with Gasteiger partial charge in [-0.05, 0) is 40.2 Å². The van der Waals surface area contributed by atoms with Gasteiger partial charge in [0.25, 0.3) is 0 Å². The number of piperidine rings is 1. The van der Waals surface area contributed by atoms with Crippen LogP contribution in [-0.4, -0.2) is 24.5 Å². The molecule has 63 valence electrons. The minimum Gasteiger partial charge on any atom is -0.303 e. The summed E-state index contributed by atoms with van der Waals surface area (Å²) in [4.78, 5) is 2.41. The molecule has 11 heavy (non-hydrogen) atoms. The van der Waals surface area contributed by atoms with E-state index in [1.807, 2.05) is 0 Å². The summed E-state index contributed by atoms with van der Waals surface area (Å²) in [6, 6.07) is 0. The fourth-order valence-corrected chi connectivity index (χ4v) is 1.55. The van der Waals surface area contributed by atoms with Gasteiger partial charge in [0.15, 0.2) is 0 Å². The van der Waals surface area contributed by atoms with E-state index in [1.54, 1.807) is 5.57 Å². The minimum atomic E-state index is 0.968. The molecule has 1 heterocycles. The first kappa shape index (κ1) is 8.79. The van der Waals surface area contributed by atoms with E-state index in [2.05, 4.69) is 25.7 Å². The van der Waals surface area contributed by atoms with E-state index in [-0.39, 0.29) is 0 Å². The molecule has 1 nitrogen and oxygen atoms in total. The second kappa shape index (κ2) is 3.91. The van der Waals surface area contributed by atoms with Gasteiger partial charge in [-0.15, -0.1) is 0 Å². The van der Waals surface area contributed by atoms with Crippen LogP contribution in [0.25, 0.3) is 0 Å². The van der Waals surface area contributed by atoms with Crippen molar-refractivity contribution in [3.63, 3.8) is 0 Å². The number of allylic oxidation sites excluding steroid dienone is 1. The average Bonchev–Trinajstić information content (AvgIpc) is 2.05. The van der Waals surface area contributed by atoms with Gasteiger partial charge in [-0.2, -0.15) is 0 Å². The Bertz CT molecular complexity index is 144. The Balaban J connectivity index is 2.42. The Morgan fingerprint density at radius 1 is 1.36 bits per heavy atom. The third kappa shape index (κ3) is 2.33. The summed E-state index contributed by atoms with van der Waals surface area (Å²) in [7, 11) is 0. The Labute approximate surface area is 70.1 Å². The van der Waals surface area contributed by atoms with Gasteiger partial charge < -0.3 is 4.90 Å². The van der Waals surface area contributed by atoms with Crippen LogP contribution in [0.4, 0.5) is 0 Å². The van der Waals surface area contributed by atoms with E-state index in [1.165, 1.54) is 31.5 Å². The molecule has 1 heteroatoms. The van der Waals surface area contributed by atoms with E-state index >= 15 is 0 Å². The molecular weight excluding hydrogens is 134 g/mol. The summed E-state index contributed by atoms with van der Waals surface area (Å²) in [6.45, 7) is 11.7. The van der Waals surface area contributed by atoms with Crippen LogP contribution in [0.3, 0.4) is 0 Å². The molecule has 1 radical (unpaired) electrons. The number of hydrogen-bond donors (Lipinski definition) is 0. The number of hydrogen-bond acceptors (Lipinski definition) is 1. The Morgan fingerprint density at radius 2 is 1.91 bits per heavy atom. The van der Waals surface area contributed by atoms with Crippen LogP contribution >= 0.6 is 0 Å². The van der Waals surface area contributed by atoms with E-state index in [0.717, 1.165) is 6.54 Å². The number of rotatable bonds is 1. The van der Waals surface area contributed by atoms with Crippen molar-refractivity contribution in [3.05, 3.63) is 18.1 Å². The van der Waals surface area contributed by atoms with Crippen LogP contribution in [0.2, 0.25) is 0 Å². The highest BCUT2D eigenvalue weighted by molar-refractivity contribution is 5.12. The fraction of sp³-hybridized carbons (Fsp3) is 0.700. The van der Waals surface area contributed by atoms with Crippen molar-refractivity contribution < 1.29 is 0 Å².